The zero-order chi connectivity index (χ0) is 30.9. The van der Waals surface area contributed by atoms with Crippen molar-refractivity contribution in [2.75, 3.05) is 0 Å². The zero-order valence-corrected chi connectivity index (χ0v) is 27.5. The van der Waals surface area contributed by atoms with Crippen LogP contribution in [0.25, 0.3) is 10.8 Å². The van der Waals surface area contributed by atoms with E-state index in [2.05, 4.69) is 84.9 Å². The SMILES string of the molecule is CC(C)=CCC/C(C)=C/CC/C(C)=C/CC/C(C)=C/CC/C(C)=C/CC/C(C)=C/Cc1cc(O)c2ccccc2c1O. The molecule has 0 aliphatic rings. The molecule has 2 aromatic carbocycles. The van der Waals surface area contributed by atoms with Crippen molar-refractivity contribution in [2.45, 2.75) is 119 Å². The molecule has 0 aliphatic heterocycles. The van der Waals surface area contributed by atoms with Gasteiger partial charge in [0.1, 0.15) is 11.5 Å². The topological polar surface area (TPSA) is 40.5 Å². The second-order valence-corrected chi connectivity index (χ2v) is 12.4. The van der Waals surface area contributed by atoms with Gasteiger partial charge in [0.2, 0.25) is 0 Å². The first kappa shape index (κ1) is 34.9. The average molecular weight is 569 g/mol. The van der Waals surface area contributed by atoms with Gasteiger partial charge in [0.25, 0.3) is 0 Å². The van der Waals surface area contributed by atoms with E-state index in [1.807, 2.05) is 24.3 Å². The van der Waals surface area contributed by atoms with Gasteiger partial charge in [-0.3, -0.25) is 0 Å². The molecule has 2 aromatic rings. The average Bonchev–Trinajstić information content (AvgIpc) is 2.94. The van der Waals surface area contributed by atoms with E-state index in [1.165, 1.54) is 39.9 Å². The van der Waals surface area contributed by atoms with Gasteiger partial charge in [0, 0.05) is 16.3 Å². The van der Waals surface area contributed by atoms with Gasteiger partial charge in [-0.1, -0.05) is 94.2 Å². The monoisotopic (exact) mass is 568 g/mol. The molecule has 0 amide bonds. The second kappa shape index (κ2) is 19.0. The highest BCUT2D eigenvalue weighted by molar-refractivity contribution is 5.94. The lowest BCUT2D eigenvalue weighted by molar-refractivity contribution is 0.465. The molecule has 0 radical (unpaired) electrons. The van der Waals surface area contributed by atoms with E-state index >= 15 is 0 Å². The summed E-state index contributed by atoms with van der Waals surface area (Å²) in [6, 6.07) is 9.12. The summed E-state index contributed by atoms with van der Waals surface area (Å²) in [5.41, 5.74) is 9.43. The van der Waals surface area contributed by atoms with Gasteiger partial charge in [0.15, 0.2) is 0 Å². The van der Waals surface area contributed by atoms with Crippen LogP contribution in [-0.4, -0.2) is 10.2 Å². The number of benzene rings is 2. The minimum Gasteiger partial charge on any atom is -0.507 e. The van der Waals surface area contributed by atoms with Gasteiger partial charge < -0.3 is 10.2 Å². The minimum absolute atomic E-state index is 0.221. The normalized spacial score (nSPS) is 13.6. The Morgan fingerprint density at radius 2 is 0.905 bits per heavy atom. The maximum Gasteiger partial charge on any atom is 0.127 e. The molecule has 0 bridgehead atoms. The van der Waals surface area contributed by atoms with Crippen molar-refractivity contribution in [3.8, 4) is 11.5 Å². The van der Waals surface area contributed by atoms with Gasteiger partial charge in [-0.15, -0.1) is 0 Å². The molecule has 0 atom stereocenters. The van der Waals surface area contributed by atoms with Crippen LogP contribution in [0.15, 0.2) is 100 Å². The summed E-state index contributed by atoms with van der Waals surface area (Å²) in [4.78, 5) is 0. The number of hydrogen-bond donors (Lipinski definition) is 2. The maximum absolute atomic E-state index is 10.7. The van der Waals surface area contributed by atoms with Crippen LogP contribution in [0.2, 0.25) is 0 Å². The predicted octanol–water partition coefficient (Wildman–Crippen LogP) is 12.4. The molecule has 0 aliphatic carbocycles. The van der Waals surface area contributed by atoms with Gasteiger partial charge in [0.05, 0.1) is 0 Å². The molecule has 42 heavy (non-hydrogen) atoms. The molecular formula is C40H56O2. The van der Waals surface area contributed by atoms with E-state index < -0.39 is 0 Å². The van der Waals surface area contributed by atoms with Crippen molar-refractivity contribution < 1.29 is 10.2 Å². The van der Waals surface area contributed by atoms with Crippen LogP contribution >= 0.6 is 0 Å². The van der Waals surface area contributed by atoms with Crippen LogP contribution < -0.4 is 0 Å². The molecule has 0 aromatic heterocycles. The van der Waals surface area contributed by atoms with Crippen LogP contribution in [0.5, 0.6) is 11.5 Å². The van der Waals surface area contributed by atoms with E-state index in [4.69, 9.17) is 0 Å². The number of fused-ring (bicyclic) bond motifs is 1. The first-order valence-corrected chi connectivity index (χ1v) is 15.9. The second-order valence-electron chi connectivity index (χ2n) is 12.4. The van der Waals surface area contributed by atoms with Crippen molar-refractivity contribution in [3.63, 3.8) is 0 Å². The fraction of sp³-hybridized carbons (Fsp3) is 0.450. The Bertz CT molecular complexity index is 1320. The number of phenolic OH excluding ortho intramolecular Hbond substituents is 2. The molecule has 0 saturated carbocycles. The fourth-order valence-corrected chi connectivity index (χ4v) is 5.12. The highest BCUT2D eigenvalue weighted by atomic mass is 16.3. The number of aromatic hydroxyl groups is 2. The van der Waals surface area contributed by atoms with Crippen molar-refractivity contribution in [1.82, 2.24) is 0 Å². The maximum atomic E-state index is 10.7. The van der Waals surface area contributed by atoms with E-state index in [0.717, 1.165) is 63.4 Å². The fourth-order valence-electron chi connectivity index (χ4n) is 5.12. The molecular weight excluding hydrogens is 512 g/mol. The Morgan fingerprint density at radius 1 is 0.524 bits per heavy atom. The summed E-state index contributed by atoms with van der Waals surface area (Å²) < 4.78 is 0. The molecule has 0 saturated heterocycles. The number of rotatable bonds is 17. The Hall–Kier alpha value is -3.26. The van der Waals surface area contributed by atoms with Crippen molar-refractivity contribution in [2.24, 2.45) is 0 Å². The van der Waals surface area contributed by atoms with E-state index in [1.54, 1.807) is 6.07 Å². The Morgan fingerprint density at radius 3 is 1.33 bits per heavy atom. The molecule has 2 N–H and O–H groups in total. The van der Waals surface area contributed by atoms with Gasteiger partial charge in [-0.25, -0.2) is 0 Å². The Balaban J connectivity index is 1.68. The van der Waals surface area contributed by atoms with Crippen LogP contribution in [0.3, 0.4) is 0 Å². The smallest absolute Gasteiger partial charge is 0.127 e. The molecule has 2 heteroatoms. The zero-order valence-electron chi connectivity index (χ0n) is 27.5. The lowest BCUT2D eigenvalue weighted by Gasteiger charge is -2.09. The van der Waals surface area contributed by atoms with Crippen LogP contribution in [0.1, 0.15) is 118 Å². The van der Waals surface area contributed by atoms with Crippen molar-refractivity contribution in [3.05, 3.63) is 106 Å². The van der Waals surface area contributed by atoms with E-state index in [0.29, 0.717) is 17.2 Å². The summed E-state index contributed by atoms with van der Waals surface area (Å²) in [5.74, 6) is 0.487. The van der Waals surface area contributed by atoms with Crippen LogP contribution in [0, 0.1) is 0 Å². The van der Waals surface area contributed by atoms with E-state index in [-0.39, 0.29) is 11.5 Å². The van der Waals surface area contributed by atoms with Gasteiger partial charge in [-0.05, 0) is 125 Å². The van der Waals surface area contributed by atoms with E-state index in [9.17, 15) is 10.2 Å². The predicted molar refractivity (Wildman–Crippen MR) is 185 cm³/mol. The minimum atomic E-state index is 0.221. The molecule has 2 rings (SSSR count). The van der Waals surface area contributed by atoms with Crippen molar-refractivity contribution in [1.29, 1.82) is 0 Å². The molecule has 0 spiro atoms. The van der Waals surface area contributed by atoms with Gasteiger partial charge in [-0.2, -0.15) is 0 Å². The molecule has 0 fully saturated rings. The third-order valence-electron chi connectivity index (χ3n) is 7.96. The Kier molecular flexibility index (Phi) is 15.8. The summed E-state index contributed by atoms with van der Waals surface area (Å²) in [6.07, 6.45) is 25.9. The Labute approximate surface area is 257 Å². The van der Waals surface area contributed by atoms with Crippen LogP contribution in [0.4, 0.5) is 0 Å². The van der Waals surface area contributed by atoms with Crippen LogP contribution in [-0.2, 0) is 6.42 Å². The number of phenols is 2. The third-order valence-corrected chi connectivity index (χ3v) is 7.96. The quantitative estimate of drug-likeness (QED) is 0.147. The first-order chi connectivity index (χ1) is 20.1. The standard InChI is InChI=1S/C40H56O2/c1-30(2)15-10-16-31(3)17-11-18-32(4)19-12-20-33(5)21-13-22-34(6)23-14-24-35(7)27-28-36-29-39(41)37-25-8-9-26-38(37)40(36)42/h8-9,15,17,19,21,23,25-27,29,41-42H,10-14,16,18,20,22,24,28H2,1-7H3/b31-17+,32-19+,33-21+,34-23+,35-27+. The highest BCUT2D eigenvalue weighted by Crippen LogP contribution is 2.35. The van der Waals surface area contributed by atoms with Gasteiger partial charge >= 0.3 is 0 Å². The number of hydrogen-bond acceptors (Lipinski definition) is 2. The molecule has 2 nitrogen and oxygen atoms in total. The largest absolute Gasteiger partial charge is 0.507 e. The molecule has 228 valence electrons. The summed E-state index contributed by atoms with van der Waals surface area (Å²) >= 11 is 0. The first-order valence-electron chi connectivity index (χ1n) is 15.9. The highest BCUT2D eigenvalue weighted by Gasteiger charge is 2.09. The lowest BCUT2D eigenvalue weighted by Crippen LogP contribution is -1.88. The molecule has 0 heterocycles. The summed E-state index contributed by atoms with van der Waals surface area (Å²) in [5, 5.41) is 22.4. The number of allylic oxidation sites excluding steroid dienone is 12. The third kappa shape index (κ3) is 13.6. The summed E-state index contributed by atoms with van der Waals surface area (Å²) in [6.45, 7) is 15.5. The summed E-state index contributed by atoms with van der Waals surface area (Å²) in [7, 11) is 0. The molecule has 0 unspecified atom stereocenters. The lowest BCUT2D eigenvalue weighted by atomic mass is 10.00. The van der Waals surface area contributed by atoms with Crippen molar-refractivity contribution >= 4 is 10.8 Å².